The van der Waals surface area contributed by atoms with Crippen LogP contribution in [0, 0.1) is 0 Å². The van der Waals surface area contributed by atoms with Crippen LogP contribution >= 0.6 is 0 Å². The molecule has 2 amide bonds. The number of hydrogen-bond donors (Lipinski definition) is 1. The molecule has 0 saturated carbocycles. The number of alkyl halides is 3. The van der Waals surface area contributed by atoms with Gasteiger partial charge in [0.15, 0.2) is 0 Å². The molecular formula is C23H20F3N3O2. The summed E-state index contributed by atoms with van der Waals surface area (Å²) in [6.07, 6.45) is -4.06. The first kappa shape index (κ1) is 19.7. The standard InChI is InChI=1S/C23H20F3N3O2/c1-13(30)29-19-10-17-16-7-2-3-8-18(16)27-21(17)20(29)12-28(22(19)31)11-14-5-4-6-15(9-14)23(24,25)26/h2-9,19-20,27H,10-12H2,1H3/t19-,20-/m0/s1. The van der Waals surface area contributed by atoms with Crippen molar-refractivity contribution in [3.05, 3.63) is 70.9 Å². The van der Waals surface area contributed by atoms with E-state index in [4.69, 9.17) is 0 Å². The zero-order valence-corrected chi connectivity index (χ0v) is 16.7. The molecule has 1 saturated heterocycles. The Morgan fingerprint density at radius 2 is 1.90 bits per heavy atom. The normalized spacial score (nSPS) is 20.8. The number of rotatable bonds is 2. The molecule has 2 atom stereocenters. The molecule has 8 heteroatoms. The molecule has 0 unspecified atom stereocenters. The molecule has 2 bridgehead atoms. The number of amides is 2. The Bertz CT molecular complexity index is 1200. The Labute approximate surface area is 176 Å². The highest BCUT2D eigenvalue weighted by Crippen LogP contribution is 2.41. The highest BCUT2D eigenvalue weighted by molar-refractivity contribution is 5.93. The van der Waals surface area contributed by atoms with E-state index in [1.165, 1.54) is 13.0 Å². The molecule has 3 heterocycles. The van der Waals surface area contributed by atoms with Crippen LogP contribution in [0.25, 0.3) is 10.9 Å². The van der Waals surface area contributed by atoms with Crippen LogP contribution < -0.4 is 0 Å². The summed E-state index contributed by atoms with van der Waals surface area (Å²) >= 11 is 0. The molecule has 1 aromatic heterocycles. The average molecular weight is 427 g/mol. The third-order valence-electron chi connectivity index (χ3n) is 6.23. The van der Waals surface area contributed by atoms with Gasteiger partial charge >= 0.3 is 6.18 Å². The lowest BCUT2D eigenvalue weighted by Crippen LogP contribution is -2.62. The second kappa shape index (κ2) is 6.87. The summed E-state index contributed by atoms with van der Waals surface area (Å²) in [7, 11) is 0. The first-order valence-corrected chi connectivity index (χ1v) is 10.1. The topological polar surface area (TPSA) is 56.4 Å². The van der Waals surface area contributed by atoms with E-state index in [0.717, 1.165) is 34.3 Å². The van der Waals surface area contributed by atoms with Crippen molar-refractivity contribution in [1.82, 2.24) is 14.8 Å². The van der Waals surface area contributed by atoms with Crippen LogP contribution in [0.2, 0.25) is 0 Å². The zero-order chi connectivity index (χ0) is 21.9. The second-order valence-corrected chi connectivity index (χ2v) is 8.14. The smallest absolute Gasteiger partial charge is 0.356 e. The van der Waals surface area contributed by atoms with Crippen LogP contribution in [0.4, 0.5) is 13.2 Å². The third kappa shape index (κ3) is 3.17. The molecule has 31 heavy (non-hydrogen) atoms. The summed E-state index contributed by atoms with van der Waals surface area (Å²) in [5.74, 6) is -0.425. The van der Waals surface area contributed by atoms with Gasteiger partial charge in [0.2, 0.25) is 11.8 Å². The van der Waals surface area contributed by atoms with Crippen molar-refractivity contribution in [3.63, 3.8) is 0 Å². The number of carbonyl (C=O) groups excluding carboxylic acids is 2. The lowest BCUT2D eigenvalue weighted by atomic mass is 9.87. The van der Waals surface area contributed by atoms with E-state index < -0.39 is 17.8 Å². The van der Waals surface area contributed by atoms with E-state index in [-0.39, 0.29) is 30.9 Å². The van der Waals surface area contributed by atoms with Crippen molar-refractivity contribution >= 4 is 22.7 Å². The zero-order valence-electron chi connectivity index (χ0n) is 16.7. The molecule has 1 N–H and O–H groups in total. The van der Waals surface area contributed by atoms with E-state index in [2.05, 4.69) is 4.98 Å². The Morgan fingerprint density at radius 1 is 1.13 bits per heavy atom. The number of nitrogens with zero attached hydrogens (tertiary/aromatic N) is 2. The fourth-order valence-corrected chi connectivity index (χ4v) is 4.92. The quantitative estimate of drug-likeness (QED) is 0.671. The fourth-order valence-electron chi connectivity index (χ4n) is 4.92. The Balaban J connectivity index is 1.52. The van der Waals surface area contributed by atoms with Crippen LogP contribution in [-0.2, 0) is 28.7 Å². The largest absolute Gasteiger partial charge is 0.416 e. The number of aromatic nitrogens is 1. The molecule has 2 aliphatic rings. The number of carbonyl (C=O) groups is 2. The number of para-hydroxylation sites is 1. The Morgan fingerprint density at radius 3 is 2.65 bits per heavy atom. The minimum absolute atomic E-state index is 0.0665. The predicted molar refractivity (Wildman–Crippen MR) is 108 cm³/mol. The van der Waals surface area contributed by atoms with Crippen LogP contribution in [0.3, 0.4) is 0 Å². The van der Waals surface area contributed by atoms with Crippen molar-refractivity contribution in [3.8, 4) is 0 Å². The predicted octanol–water partition coefficient (Wildman–Crippen LogP) is 4.04. The van der Waals surface area contributed by atoms with Crippen LogP contribution in [0.15, 0.2) is 48.5 Å². The maximum absolute atomic E-state index is 13.3. The van der Waals surface area contributed by atoms with Gasteiger partial charge in [0.1, 0.15) is 6.04 Å². The first-order valence-electron chi connectivity index (χ1n) is 10.1. The highest BCUT2D eigenvalue weighted by atomic mass is 19.4. The number of fused-ring (bicyclic) bond motifs is 6. The molecule has 5 rings (SSSR count). The van der Waals surface area contributed by atoms with Gasteiger partial charge in [-0.15, -0.1) is 0 Å². The number of aromatic amines is 1. The lowest BCUT2D eigenvalue weighted by Gasteiger charge is -2.48. The molecule has 0 aliphatic carbocycles. The van der Waals surface area contributed by atoms with Gasteiger partial charge in [-0.3, -0.25) is 9.59 Å². The molecule has 3 aromatic rings. The van der Waals surface area contributed by atoms with Crippen LogP contribution in [0.1, 0.15) is 35.3 Å². The first-order chi connectivity index (χ1) is 14.7. The number of piperazine rings is 1. The summed E-state index contributed by atoms with van der Waals surface area (Å²) in [6, 6.07) is 11.8. The van der Waals surface area contributed by atoms with Crippen molar-refractivity contribution in [2.45, 2.75) is 38.1 Å². The molecule has 5 nitrogen and oxygen atoms in total. The van der Waals surface area contributed by atoms with Gasteiger partial charge in [0.25, 0.3) is 0 Å². The summed E-state index contributed by atoms with van der Waals surface area (Å²) in [4.78, 5) is 32.3. The van der Waals surface area contributed by atoms with Crippen molar-refractivity contribution in [2.24, 2.45) is 0 Å². The van der Waals surface area contributed by atoms with E-state index in [0.29, 0.717) is 12.0 Å². The van der Waals surface area contributed by atoms with Gasteiger partial charge in [-0.05, 0) is 29.3 Å². The average Bonchev–Trinajstić information content (AvgIpc) is 3.09. The number of nitrogens with one attached hydrogen (secondary N) is 1. The van der Waals surface area contributed by atoms with Crippen molar-refractivity contribution in [1.29, 1.82) is 0 Å². The second-order valence-electron chi connectivity index (χ2n) is 8.14. The maximum Gasteiger partial charge on any atom is 0.416 e. The molecule has 2 aliphatic heterocycles. The van der Waals surface area contributed by atoms with Crippen molar-refractivity contribution < 1.29 is 22.8 Å². The summed E-state index contributed by atoms with van der Waals surface area (Å²) in [5.41, 5.74) is 2.55. The van der Waals surface area contributed by atoms with Gasteiger partial charge in [-0.2, -0.15) is 13.2 Å². The van der Waals surface area contributed by atoms with Crippen LogP contribution in [0.5, 0.6) is 0 Å². The fraction of sp³-hybridized carbons (Fsp3) is 0.304. The lowest BCUT2D eigenvalue weighted by molar-refractivity contribution is -0.157. The molecule has 1 fully saturated rings. The molecule has 2 aromatic carbocycles. The third-order valence-corrected chi connectivity index (χ3v) is 6.23. The van der Waals surface area contributed by atoms with E-state index in [1.807, 2.05) is 24.3 Å². The summed E-state index contributed by atoms with van der Waals surface area (Å²) in [5, 5.41) is 1.04. The SMILES string of the molecule is CC(=O)N1[C@H]2Cc3c([nH]c4ccccc34)[C@@H]1CN(Cc1cccc(C(F)(F)F)c1)C2=O. The Hall–Kier alpha value is -3.29. The minimum atomic E-state index is -4.44. The summed E-state index contributed by atoms with van der Waals surface area (Å²) in [6.45, 7) is 1.74. The van der Waals surface area contributed by atoms with Gasteiger partial charge in [0, 0.05) is 43.0 Å². The van der Waals surface area contributed by atoms with E-state index in [9.17, 15) is 22.8 Å². The van der Waals surface area contributed by atoms with Gasteiger partial charge in [0.05, 0.1) is 11.6 Å². The Kier molecular flexibility index (Phi) is 4.35. The number of benzene rings is 2. The van der Waals surface area contributed by atoms with Gasteiger partial charge < -0.3 is 14.8 Å². The van der Waals surface area contributed by atoms with Gasteiger partial charge in [-0.25, -0.2) is 0 Å². The number of hydrogen-bond acceptors (Lipinski definition) is 2. The van der Waals surface area contributed by atoms with Crippen LogP contribution in [-0.4, -0.2) is 39.2 Å². The molecular weight excluding hydrogens is 407 g/mol. The monoisotopic (exact) mass is 427 g/mol. The molecule has 0 spiro atoms. The van der Waals surface area contributed by atoms with E-state index >= 15 is 0 Å². The number of H-pyrrole nitrogens is 1. The molecule has 160 valence electrons. The molecule has 0 radical (unpaired) electrons. The van der Waals surface area contributed by atoms with Crippen molar-refractivity contribution in [2.75, 3.05) is 6.54 Å². The summed E-state index contributed by atoms with van der Waals surface area (Å²) < 4.78 is 39.3. The van der Waals surface area contributed by atoms with Gasteiger partial charge in [-0.1, -0.05) is 30.3 Å². The minimum Gasteiger partial charge on any atom is -0.356 e. The maximum atomic E-state index is 13.3. The van der Waals surface area contributed by atoms with E-state index in [1.54, 1.807) is 15.9 Å². The highest BCUT2D eigenvalue weighted by Gasteiger charge is 2.47. The number of halogens is 3.